The standard InChI is InChI=1S/C42H70NO12P/c1-3-5-7-8-9-10-11-12-13-18-26-32-41(47)55-38(34-53-56(50,51)54-35-39(43)42(48)49)33-52-40(46)31-25-17-15-14-16-22-28-37(45)30-24-20-19-23-29-36(44)27-21-6-4-2/h6,15-17,19-24,29-30,36-39,44-45H,3-5,7-14,18,25-28,31-35,43H2,1-2H3,(H,48,49)(H,50,51)/b17-15-,20-19-,21-6-,22-16-,29-23+,30-24+/t36-,37+,38-,39+/m1/s1. The molecule has 0 aromatic heterocycles. The van der Waals surface area contributed by atoms with Gasteiger partial charge in [0.1, 0.15) is 12.6 Å². The van der Waals surface area contributed by atoms with E-state index in [0.29, 0.717) is 32.1 Å². The molecule has 14 heteroatoms. The summed E-state index contributed by atoms with van der Waals surface area (Å²) in [5.41, 5.74) is 5.31. The fraction of sp³-hybridized carbons (Fsp3) is 0.643. The lowest BCUT2D eigenvalue weighted by molar-refractivity contribution is -0.161. The number of phosphoric ester groups is 1. The number of aliphatic hydroxyl groups is 2. The Morgan fingerprint density at radius 3 is 1.77 bits per heavy atom. The Morgan fingerprint density at radius 1 is 0.661 bits per heavy atom. The van der Waals surface area contributed by atoms with E-state index in [4.69, 9.17) is 24.8 Å². The van der Waals surface area contributed by atoms with Crippen LogP contribution < -0.4 is 5.73 Å². The highest BCUT2D eigenvalue weighted by molar-refractivity contribution is 7.47. The van der Waals surface area contributed by atoms with Gasteiger partial charge in [-0.25, -0.2) is 4.57 Å². The molecule has 0 spiro atoms. The number of hydrogen-bond acceptors (Lipinski definition) is 11. The summed E-state index contributed by atoms with van der Waals surface area (Å²) in [4.78, 5) is 45.8. The molecule has 13 nitrogen and oxygen atoms in total. The number of nitrogens with two attached hydrogens (primary N) is 1. The van der Waals surface area contributed by atoms with Gasteiger partial charge in [-0.05, 0) is 38.5 Å². The van der Waals surface area contributed by atoms with Crippen LogP contribution in [0.1, 0.15) is 129 Å². The van der Waals surface area contributed by atoms with Crippen molar-refractivity contribution in [3.8, 4) is 0 Å². The van der Waals surface area contributed by atoms with Crippen LogP contribution in [-0.2, 0) is 37.5 Å². The van der Waals surface area contributed by atoms with Crippen molar-refractivity contribution in [1.29, 1.82) is 0 Å². The second kappa shape index (κ2) is 36.2. The topological polar surface area (TPSA) is 212 Å². The van der Waals surface area contributed by atoms with Crippen LogP contribution in [-0.4, -0.2) is 82.3 Å². The van der Waals surface area contributed by atoms with E-state index in [-0.39, 0.29) is 12.8 Å². The molecule has 5 atom stereocenters. The van der Waals surface area contributed by atoms with Crippen LogP contribution in [0.3, 0.4) is 0 Å². The summed E-state index contributed by atoms with van der Waals surface area (Å²) in [6, 6.07) is -1.55. The van der Waals surface area contributed by atoms with Crippen molar-refractivity contribution in [2.45, 2.75) is 154 Å². The predicted molar refractivity (Wildman–Crippen MR) is 219 cm³/mol. The molecule has 0 bridgehead atoms. The summed E-state index contributed by atoms with van der Waals surface area (Å²) < 4.78 is 32.4. The number of aliphatic carboxylic acids is 1. The number of esters is 2. The largest absolute Gasteiger partial charge is 0.480 e. The molecule has 320 valence electrons. The molecule has 0 amide bonds. The van der Waals surface area contributed by atoms with Gasteiger partial charge in [0, 0.05) is 12.8 Å². The van der Waals surface area contributed by atoms with E-state index < -0.39 is 69.9 Å². The molecule has 1 unspecified atom stereocenters. The van der Waals surface area contributed by atoms with E-state index in [1.54, 1.807) is 36.5 Å². The zero-order valence-electron chi connectivity index (χ0n) is 33.7. The molecule has 0 heterocycles. The van der Waals surface area contributed by atoms with Crippen molar-refractivity contribution in [2.24, 2.45) is 5.73 Å². The van der Waals surface area contributed by atoms with Crippen LogP contribution in [0.2, 0.25) is 0 Å². The number of ether oxygens (including phenoxy) is 2. The van der Waals surface area contributed by atoms with Gasteiger partial charge in [0.2, 0.25) is 0 Å². The number of carbonyl (C=O) groups is 3. The van der Waals surface area contributed by atoms with E-state index in [1.165, 1.54) is 44.9 Å². The Kier molecular flexibility index (Phi) is 34.2. The quantitative estimate of drug-likeness (QED) is 0.0133. The van der Waals surface area contributed by atoms with Crippen LogP contribution in [0.25, 0.3) is 0 Å². The molecular formula is C42H70NO12P. The lowest BCUT2D eigenvalue weighted by atomic mass is 10.1. The number of phosphoric acid groups is 1. The lowest BCUT2D eigenvalue weighted by Crippen LogP contribution is -2.34. The second-order valence-corrected chi connectivity index (χ2v) is 14.9. The minimum Gasteiger partial charge on any atom is -0.480 e. The average molecular weight is 812 g/mol. The van der Waals surface area contributed by atoms with Crippen LogP contribution in [0.4, 0.5) is 0 Å². The van der Waals surface area contributed by atoms with E-state index >= 15 is 0 Å². The van der Waals surface area contributed by atoms with Crippen molar-refractivity contribution in [2.75, 3.05) is 19.8 Å². The number of hydrogen-bond donors (Lipinski definition) is 5. The van der Waals surface area contributed by atoms with Crippen molar-refractivity contribution >= 4 is 25.7 Å². The molecule has 0 aliphatic heterocycles. The number of allylic oxidation sites excluding steroid dienone is 8. The Morgan fingerprint density at radius 2 is 1.20 bits per heavy atom. The first-order valence-corrected chi connectivity index (χ1v) is 21.7. The van der Waals surface area contributed by atoms with Crippen LogP contribution >= 0.6 is 7.82 Å². The van der Waals surface area contributed by atoms with Crippen molar-refractivity contribution in [3.05, 3.63) is 72.9 Å². The van der Waals surface area contributed by atoms with Crippen LogP contribution in [0, 0.1) is 0 Å². The zero-order valence-corrected chi connectivity index (χ0v) is 34.6. The first-order valence-electron chi connectivity index (χ1n) is 20.2. The van der Waals surface area contributed by atoms with Crippen LogP contribution in [0.15, 0.2) is 72.9 Å². The molecule has 0 saturated carbocycles. The van der Waals surface area contributed by atoms with Crippen molar-refractivity contribution < 1.29 is 57.7 Å². The minimum absolute atomic E-state index is 0.0379. The Balaban J connectivity index is 4.63. The van der Waals surface area contributed by atoms with E-state index in [1.807, 2.05) is 43.4 Å². The van der Waals surface area contributed by atoms with E-state index in [0.717, 1.165) is 25.7 Å². The monoisotopic (exact) mass is 811 g/mol. The van der Waals surface area contributed by atoms with Gasteiger partial charge in [-0.1, -0.05) is 151 Å². The lowest BCUT2D eigenvalue weighted by Gasteiger charge is -2.20. The highest BCUT2D eigenvalue weighted by Crippen LogP contribution is 2.43. The van der Waals surface area contributed by atoms with Gasteiger partial charge in [-0.15, -0.1) is 0 Å². The normalized spacial score (nSPS) is 15.7. The predicted octanol–water partition coefficient (Wildman–Crippen LogP) is 8.11. The first-order chi connectivity index (χ1) is 26.9. The minimum atomic E-state index is -4.75. The Bertz CT molecular complexity index is 1260. The molecule has 0 saturated heterocycles. The summed E-state index contributed by atoms with van der Waals surface area (Å²) in [5.74, 6) is -2.58. The third-order valence-corrected chi connectivity index (χ3v) is 9.10. The molecule has 0 aromatic rings. The van der Waals surface area contributed by atoms with E-state index in [9.17, 15) is 34.1 Å². The Labute approximate surface area is 335 Å². The van der Waals surface area contributed by atoms with Gasteiger partial charge in [0.15, 0.2) is 6.10 Å². The fourth-order valence-corrected chi connectivity index (χ4v) is 5.69. The van der Waals surface area contributed by atoms with Gasteiger partial charge in [-0.2, -0.15) is 0 Å². The number of rotatable bonds is 36. The van der Waals surface area contributed by atoms with E-state index in [2.05, 4.69) is 11.4 Å². The molecule has 6 N–H and O–H groups in total. The molecule has 56 heavy (non-hydrogen) atoms. The number of carbonyl (C=O) groups excluding carboxylic acids is 2. The zero-order chi connectivity index (χ0) is 41.7. The number of unbranched alkanes of at least 4 members (excludes halogenated alkanes) is 10. The van der Waals surface area contributed by atoms with Gasteiger partial charge in [0.25, 0.3) is 0 Å². The number of carboxylic acids is 1. The third-order valence-electron chi connectivity index (χ3n) is 8.15. The summed E-state index contributed by atoms with van der Waals surface area (Å²) in [5, 5.41) is 28.8. The third kappa shape index (κ3) is 35.3. The number of carboxylic acid groups (broad SMARTS) is 1. The van der Waals surface area contributed by atoms with Gasteiger partial charge in [-0.3, -0.25) is 23.4 Å². The van der Waals surface area contributed by atoms with Crippen molar-refractivity contribution in [1.82, 2.24) is 0 Å². The molecule has 0 radical (unpaired) electrons. The van der Waals surface area contributed by atoms with Gasteiger partial charge < -0.3 is 35.4 Å². The highest BCUT2D eigenvalue weighted by atomic mass is 31.2. The maximum absolute atomic E-state index is 12.6. The van der Waals surface area contributed by atoms with Gasteiger partial charge in [0.05, 0.1) is 25.4 Å². The molecule has 0 aromatic carbocycles. The fourth-order valence-electron chi connectivity index (χ4n) is 4.91. The molecule has 0 aliphatic carbocycles. The molecule has 0 fully saturated rings. The van der Waals surface area contributed by atoms with Gasteiger partial charge >= 0.3 is 25.7 Å². The summed E-state index contributed by atoms with van der Waals surface area (Å²) in [6.07, 6.45) is 34.8. The average Bonchev–Trinajstić information content (AvgIpc) is 3.16. The SMILES string of the molecule is CC/C=C\C[C@@H](O)/C=C/C=C\C=C\[C@@H](O)C/C=C\C/C=C\CCC(=O)OC[C@H](COP(=O)(O)OC[C@H](N)C(=O)O)OC(=O)CCCCCCCCCCCCC. The maximum Gasteiger partial charge on any atom is 0.472 e. The summed E-state index contributed by atoms with van der Waals surface area (Å²) in [7, 11) is -4.75. The first kappa shape index (κ1) is 52.8. The highest BCUT2D eigenvalue weighted by Gasteiger charge is 2.28. The number of aliphatic hydroxyl groups excluding tert-OH is 2. The molecular weight excluding hydrogens is 741 g/mol. The smallest absolute Gasteiger partial charge is 0.472 e. The molecule has 0 aliphatic rings. The Hall–Kier alpha value is -3.16. The molecule has 0 rings (SSSR count). The summed E-state index contributed by atoms with van der Waals surface area (Å²) in [6.45, 7) is 2.39. The second-order valence-electron chi connectivity index (χ2n) is 13.4. The van der Waals surface area contributed by atoms with Crippen LogP contribution in [0.5, 0.6) is 0 Å². The van der Waals surface area contributed by atoms with Crippen molar-refractivity contribution in [3.63, 3.8) is 0 Å². The maximum atomic E-state index is 12.6. The summed E-state index contributed by atoms with van der Waals surface area (Å²) >= 11 is 0.